The van der Waals surface area contributed by atoms with Gasteiger partial charge in [0.15, 0.2) is 23.9 Å². The second kappa shape index (κ2) is 6.65. The van der Waals surface area contributed by atoms with Crippen LogP contribution in [0.25, 0.3) is 27.1 Å². The van der Waals surface area contributed by atoms with E-state index in [0.717, 1.165) is 44.3 Å². The number of benzene rings is 2. The molecule has 4 aromatic rings. The zero-order valence-electron chi connectivity index (χ0n) is 14.2. The van der Waals surface area contributed by atoms with Crippen LogP contribution in [-0.4, -0.2) is 21.3 Å². The largest absolute Gasteiger partial charge is 1.00 e. The summed E-state index contributed by atoms with van der Waals surface area (Å²) in [4.78, 5) is 0. The summed E-state index contributed by atoms with van der Waals surface area (Å²) in [5, 5.41) is 4.53. The number of fused-ring (bicyclic) bond motifs is 4. The van der Waals surface area contributed by atoms with Crippen LogP contribution in [0.15, 0.2) is 54.9 Å². The Balaban J connectivity index is 0.00000182. The minimum Gasteiger partial charge on any atom is -1.00 e. The van der Waals surface area contributed by atoms with Crippen LogP contribution in [-0.2, 0) is 0 Å². The minimum atomic E-state index is 0. The van der Waals surface area contributed by atoms with Crippen LogP contribution in [0.1, 0.15) is 0 Å². The standard InChI is InChI=1S/C20H18NO3.ClH/c1-22-16-5-4-13-9-18-17-11-20(24-3)19(23-2)10-14(17)6-7-21(18)12-15(13)8-16;/h4-12H,1-3H3;1H/q+1;/p-1. The summed E-state index contributed by atoms with van der Waals surface area (Å²) in [7, 11) is 4.99. The summed E-state index contributed by atoms with van der Waals surface area (Å²) in [5.41, 5.74) is 1.12. The average Bonchev–Trinajstić information content (AvgIpc) is 2.64. The van der Waals surface area contributed by atoms with E-state index >= 15 is 0 Å². The van der Waals surface area contributed by atoms with Crippen LogP contribution in [0.3, 0.4) is 0 Å². The number of nitrogens with zero attached hydrogens (tertiary/aromatic N) is 1. The van der Waals surface area contributed by atoms with Crippen molar-refractivity contribution in [3.05, 3.63) is 54.9 Å². The zero-order chi connectivity index (χ0) is 16.7. The number of methoxy groups -OCH3 is 3. The number of halogens is 1. The number of rotatable bonds is 3. The van der Waals surface area contributed by atoms with Gasteiger partial charge in [-0.25, -0.2) is 0 Å². The van der Waals surface area contributed by atoms with E-state index in [1.807, 2.05) is 24.3 Å². The van der Waals surface area contributed by atoms with E-state index in [9.17, 15) is 0 Å². The molecule has 0 atom stereocenters. The van der Waals surface area contributed by atoms with Gasteiger partial charge in [-0.05, 0) is 35.0 Å². The predicted molar refractivity (Wildman–Crippen MR) is 94.3 cm³/mol. The lowest BCUT2D eigenvalue weighted by atomic mass is 10.1. The normalized spacial score (nSPS) is 10.7. The van der Waals surface area contributed by atoms with Crippen molar-refractivity contribution in [2.45, 2.75) is 0 Å². The summed E-state index contributed by atoms with van der Waals surface area (Å²) in [6.07, 6.45) is 4.17. The summed E-state index contributed by atoms with van der Waals surface area (Å²) in [6.45, 7) is 0. The fourth-order valence-corrected chi connectivity index (χ4v) is 3.12. The van der Waals surface area contributed by atoms with E-state index < -0.39 is 0 Å². The van der Waals surface area contributed by atoms with Crippen molar-refractivity contribution >= 4 is 27.1 Å². The minimum absolute atomic E-state index is 0. The van der Waals surface area contributed by atoms with Gasteiger partial charge in [0.2, 0.25) is 5.52 Å². The molecule has 0 amide bonds. The monoisotopic (exact) mass is 355 g/mol. The van der Waals surface area contributed by atoms with Crippen molar-refractivity contribution in [1.82, 2.24) is 0 Å². The van der Waals surface area contributed by atoms with Gasteiger partial charge in [-0.3, -0.25) is 0 Å². The quantitative estimate of drug-likeness (QED) is 0.309. The molecule has 0 fully saturated rings. The fourth-order valence-electron chi connectivity index (χ4n) is 3.12. The second-order valence-electron chi connectivity index (χ2n) is 5.67. The van der Waals surface area contributed by atoms with Gasteiger partial charge in [0, 0.05) is 17.5 Å². The number of pyridine rings is 2. The topological polar surface area (TPSA) is 31.8 Å². The van der Waals surface area contributed by atoms with Crippen molar-refractivity contribution < 1.29 is 31.0 Å². The smallest absolute Gasteiger partial charge is 0.219 e. The van der Waals surface area contributed by atoms with Crippen LogP contribution in [0.4, 0.5) is 0 Å². The summed E-state index contributed by atoms with van der Waals surface area (Å²) < 4.78 is 18.3. The summed E-state index contributed by atoms with van der Waals surface area (Å²) in [5.74, 6) is 2.32. The van der Waals surface area contributed by atoms with E-state index in [0.29, 0.717) is 0 Å². The molecule has 0 spiro atoms. The molecular formula is C20H18ClNO3. The highest BCUT2D eigenvalue weighted by Crippen LogP contribution is 2.33. The van der Waals surface area contributed by atoms with E-state index in [1.165, 1.54) is 0 Å². The van der Waals surface area contributed by atoms with Gasteiger partial charge in [0.25, 0.3) is 0 Å². The molecule has 2 heterocycles. The lowest BCUT2D eigenvalue weighted by Gasteiger charge is -2.09. The fraction of sp³-hybridized carbons (Fsp3) is 0.150. The Labute approximate surface area is 152 Å². The van der Waals surface area contributed by atoms with Gasteiger partial charge >= 0.3 is 0 Å². The van der Waals surface area contributed by atoms with Gasteiger partial charge in [-0.2, -0.15) is 4.40 Å². The summed E-state index contributed by atoms with van der Waals surface area (Å²) >= 11 is 0. The Kier molecular flexibility index (Phi) is 4.55. The maximum absolute atomic E-state index is 5.46. The number of hydrogen-bond acceptors (Lipinski definition) is 3. The maximum atomic E-state index is 5.46. The van der Waals surface area contributed by atoms with Crippen molar-refractivity contribution in [2.75, 3.05) is 21.3 Å². The van der Waals surface area contributed by atoms with E-state index in [2.05, 4.69) is 35.0 Å². The third-order valence-electron chi connectivity index (χ3n) is 4.39. The number of hydrogen-bond donors (Lipinski definition) is 0. The first-order valence-corrected chi connectivity index (χ1v) is 7.71. The highest BCUT2D eigenvalue weighted by molar-refractivity contribution is 5.99. The Morgan fingerprint density at radius 3 is 2.20 bits per heavy atom. The van der Waals surface area contributed by atoms with Gasteiger partial charge in [0.1, 0.15) is 5.75 Å². The van der Waals surface area contributed by atoms with Crippen LogP contribution in [0, 0.1) is 0 Å². The van der Waals surface area contributed by atoms with Crippen molar-refractivity contribution in [2.24, 2.45) is 0 Å². The molecule has 4 rings (SSSR count). The first-order valence-electron chi connectivity index (χ1n) is 7.71. The predicted octanol–water partition coefficient (Wildman–Crippen LogP) is 0.761. The van der Waals surface area contributed by atoms with Crippen LogP contribution >= 0.6 is 0 Å². The first-order chi connectivity index (χ1) is 11.7. The molecule has 0 aliphatic carbocycles. The number of ether oxygens (including phenoxy) is 3. The van der Waals surface area contributed by atoms with Gasteiger partial charge in [-0.1, -0.05) is 6.07 Å². The van der Waals surface area contributed by atoms with E-state index in [1.54, 1.807) is 21.3 Å². The molecule has 0 radical (unpaired) electrons. The second-order valence-corrected chi connectivity index (χ2v) is 5.67. The van der Waals surface area contributed by atoms with Gasteiger partial charge in [-0.15, -0.1) is 0 Å². The van der Waals surface area contributed by atoms with Crippen LogP contribution < -0.4 is 31.0 Å². The molecule has 25 heavy (non-hydrogen) atoms. The lowest BCUT2D eigenvalue weighted by molar-refractivity contribution is -0.509. The van der Waals surface area contributed by atoms with Crippen molar-refractivity contribution in [1.29, 1.82) is 0 Å². The van der Waals surface area contributed by atoms with Crippen LogP contribution in [0.2, 0.25) is 0 Å². The molecular weight excluding hydrogens is 338 g/mol. The molecule has 0 unspecified atom stereocenters. The highest BCUT2D eigenvalue weighted by Gasteiger charge is 2.14. The molecule has 0 saturated heterocycles. The Morgan fingerprint density at radius 1 is 0.720 bits per heavy atom. The van der Waals surface area contributed by atoms with E-state index in [-0.39, 0.29) is 12.4 Å². The molecule has 2 aromatic heterocycles. The molecule has 2 aromatic carbocycles. The van der Waals surface area contributed by atoms with Gasteiger partial charge < -0.3 is 26.6 Å². The van der Waals surface area contributed by atoms with Crippen molar-refractivity contribution in [3.8, 4) is 17.2 Å². The average molecular weight is 356 g/mol. The molecule has 5 heteroatoms. The first kappa shape index (κ1) is 17.1. The summed E-state index contributed by atoms with van der Waals surface area (Å²) in [6, 6.07) is 14.4. The number of aromatic nitrogens is 1. The molecule has 4 nitrogen and oxygen atoms in total. The molecule has 128 valence electrons. The molecule has 0 aliphatic heterocycles. The van der Waals surface area contributed by atoms with Crippen LogP contribution in [0.5, 0.6) is 17.2 Å². The zero-order valence-corrected chi connectivity index (χ0v) is 15.0. The Hall–Kier alpha value is -2.72. The Morgan fingerprint density at radius 2 is 1.48 bits per heavy atom. The highest BCUT2D eigenvalue weighted by atomic mass is 35.5. The maximum Gasteiger partial charge on any atom is 0.219 e. The molecule has 0 aliphatic rings. The molecule has 0 N–H and O–H groups in total. The third-order valence-corrected chi connectivity index (χ3v) is 4.39. The van der Waals surface area contributed by atoms with Gasteiger partial charge in [0.05, 0.1) is 26.7 Å². The van der Waals surface area contributed by atoms with Crippen molar-refractivity contribution in [3.63, 3.8) is 0 Å². The third kappa shape index (κ3) is 2.79. The molecule has 0 saturated carbocycles. The Bertz CT molecular complexity index is 1080. The lowest BCUT2D eigenvalue weighted by Crippen LogP contribution is -3.00. The SMILES string of the molecule is COc1ccc2cc3c4cc(OC)c(OC)cc4cc[n+]3cc2c1.[Cl-]. The van der Waals surface area contributed by atoms with E-state index in [4.69, 9.17) is 14.2 Å². The molecule has 0 bridgehead atoms.